The van der Waals surface area contributed by atoms with Gasteiger partial charge in [0.2, 0.25) is 17.7 Å². The van der Waals surface area contributed by atoms with Crippen molar-refractivity contribution >= 4 is 29.7 Å². The topological polar surface area (TPSA) is 235 Å². The lowest BCUT2D eigenvalue weighted by atomic mass is 9.99. The smallest absolute Gasteiger partial charge is 0.326 e. The van der Waals surface area contributed by atoms with Gasteiger partial charge in [0.25, 0.3) is 0 Å². The quantitative estimate of drug-likeness (QED) is 0.0756. The summed E-state index contributed by atoms with van der Waals surface area (Å²) in [6.07, 6.45) is 0.685. The third-order valence-corrected chi connectivity index (χ3v) is 5.93. The number of hydrogen-bond donors (Lipinski definition) is 8. The first kappa shape index (κ1) is 33.2. The van der Waals surface area contributed by atoms with E-state index in [0.29, 0.717) is 12.0 Å². The van der Waals surface area contributed by atoms with Gasteiger partial charge in [-0.05, 0) is 48.8 Å². The molecule has 0 heterocycles. The van der Waals surface area contributed by atoms with Crippen LogP contribution in [0.5, 0.6) is 5.75 Å². The molecule has 0 aliphatic carbocycles. The van der Waals surface area contributed by atoms with Crippen LogP contribution < -0.4 is 33.2 Å². The Labute approximate surface area is 229 Å². The van der Waals surface area contributed by atoms with Crippen LogP contribution in [-0.2, 0) is 25.6 Å². The maximum atomic E-state index is 13.4. The highest BCUT2D eigenvalue weighted by molar-refractivity contribution is 5.94. The molecular weight excluding hydrogens is 506 g/mol. The molecule has 0 saturated carbocycles. The number of amides is 3. The molecule has 218 valence electrons. The Morgan fingerprint density at radius 1 is 0.872 bits per heavy atom. The van der Waals surface area contributed by atoms with Crippen molar-refractivity contribution in [1.29, 1.82) is 0 Å². The number of aromatic hydroxyl groups is 1. The Bertz CT molecular complexity index is 993. The van der Waals surface area contributed by atoms with Gasteiger partial charge in [-0.2, -0.15) is 0 Å². The number of benzene rings is 1. The van der Waals surface area contributed by atoms with E-state index in [-0.39, 0.29) is 49.4 Å². The Balaban J connectivity index is 3.09. The number of carboxylic acids is 1. The number of aliphatic imine (C=N–C) groups is 1. The summed E-state index contributed by atoms with van der Waals surface area (Å²) in [5.41, 5.74) is 17.2. The lowest BCUT2D eigenvalue weighted by Gasteiger charge is -2.26. The van der Waals surface area contributed by atoms with E-state index >= 15 is 0 Å². The Hall–Kier alpha value is -3.87. The standard InChI is InChI=1S/C26H43N7O6/c1-14(2)12-19(22(35)31-18(25(38)39)6-5-11-30-26(28)29)32-23(36)20(33-24(37)21(27)15(3)4)13-16-7-9-17(34)10-8-16/h7-10,14-15,18-21,34H,5-6,11-13,27H2,1-4H3,(H,31,35)(H,32,36)(H,33,37)(H,38,39)(H4,28,29,30). The lowest BCUT2D eigenvalue weighted by molar-refractivity contribution is -0.142. The number of carboxylic acid groups (broad SMARTS) is 1. The van der Waals surface area contributed by atoms with Crippen molar-refractivity contribution in [2.75, 3.05) is 6.54 Å². The van der Waals surface area contributed by atoms with E-state index in [1.165, 1.54) is 12.1 Å². The average molecular weight is 550 g/mol. The van der Waals surface area contributed by atoms with Gasteiger partial charge in [-0.1, -0.05) is 39.8 Å². The first-order valence-electron chi connectivity index (χ1n) is 12.9. The molecule has 3 amide bonds. The van der Waals surface area contributed by atoms with Gasteiger partial charge in [0.15, 0.2) is 5.96 Å². The summed E-state index contributed by atoms with van der Waals surface area (Å²) in [4.78, 5) is 54.7. The predicted molar refractivity (Wildman–Crippen MR) is 147 cm³/mol. The number of rotatable bonds is 16. The van der Waals surface area contributed by atoms with Gasteiger partial charge in [0.05, 0.1) is 6.04 Å². The molecule has 0 aliphatic rings. The van der Waals surface area contributed by atoms with Crippen molar-refractivity contribution in [1.82, 2.24) is 16.0 Å². The lowest BCUT2D eigenvalue weighted by Crippen LogP contribution is -2.58. The number of phenolic OH excluding ortho intramolecular Hbond substituents is 1. The minimum absolute atomic E-state index is 0.0225. The summed E-state index contributed by atoms with van der Waals surface area (Å²) in [6.45, 7) is 7.46. The number of guanidine groups is 1. The van der Waals surface area contributed by atoms with Crippen LogP contribution in [0.25, 0.3) is 0 Å². The molecule has 0 aliphatic heterocycles. The first-order valence-corrected chi connectivity index (χ1v) is 12.9. The fraction of sp³-hybridized carbons (Fsp3) is 0.577. The SMILES string of the molecule is CC(C)CC(NC(=O)C(Cc1ccc(O)cc1)NC(=O)C(N)C(C)C)C(=O)NC(CCCN=C(N)N)C(=O)O. The van der Waals surface area contributed by atoms with Gasteiger partial charge >= 0.3 is 5.97 Å². The minimum Gasteiger partial charge on any atom is -0.508 e. The molecule has 0 bridgehead atoms. The predicted octanol–water partition coefficient (Wildman–Crippen LogP) is -0.443. The van der Waals surface area contributed by atoms with E-state index < -0.39 is 47.9 Å². The minimum atomic E-state index is -1.23. The highest BCUT2D eigenvalue weighted by Crippen LogP contribution is 2.13. The number of hydrogen-bond acceptors (Lipinski definition) is 7. The normalized spacial score (nSPS) is 14.1. The number of nitrogens with two attached hydrogens (primary N) is 3. The fourth-order valence-corrected chi connectivity index (χ4v) is 3.66. The van der Waals surface area contributed by atoms with Crippen LogP contribution in [-0.4, -0.2) is 70.6 Å². The number of carbonyl (C=O) groups is 4. The van der Waals surface area contributed by atoms with Gasteiger partial charge in [-0.15, -0.1) is 0 Å². The Morgan fingerprint density at radius 3 is 1.92 bits per heavy atom. The third kappa shape index (κ3) is 12.5. The summed E-state index contributed by atoms with van der Waals surface area (Å²) in [7, 11) is 0. The van der Waals surface area contributed by atoms with Crippen molar-refractivity contribution in [3.8, 4) is 5.75 Å². The zero-order chi connectivity index (χ0) is 29.7. The third-order valence-electron chi connectivity index (χ3n) is 5.93. The van der Waals surface area contributed by atoms with Gasteiger partial charge in [0.1, 0.15) is 23.9 Å². The molecule has 11 N–H and O–H groups in total. The second-order valence-electron chi connectivity index (χ2n) is 10.2. The van der Waals surface area contributed by atoms with Gasteiger partial charge in [-0.25, -0.2) is 4.79 Å². The van der Waals surface area contributed by atoms with Crippen molar-refractivity contribution in [3.63, 3.8) is 0 Å². The number of nitrogens with one attached hydrogen (secondary N) is 3. The van der Waals surface area contributed by atoms with Crippen LogP contribution >= 0.6 is 0 Å². The van der Waals surface area contributed by atoms with Crippen molar-refractivity contribution < 1.29 is 29.4 Å². The summed E-state index contributed by atoms with van der Waals surface area (Å²) in [5.74, 6) is -3.33. The molecule has 4 unspecified atom stereocenters. The summed E-state index contributed by atoms with van der Waals surface area (Å²) < 4.78 is 0. The molecule has 1 aromatic rings. The largest absolute Gasteiger partial charge is 0.508 e. The van der Waals surface area contributed by atoms with Crippen LogP contribution in [0.4, 0.5) is 0 Å². The molecule has 1 aromatic carbocycles. The number of phenols is 1. The van der Waals surface area contributed by atoms with Crippen LogP contribution in [0, 0.1) is 11.8 Å². The maximum absolute atomic E-state index is 13.4. The van der Waals surface area contributed by atoms with Crippen molar-refractivity contribution in [2.45, 2.75) is 77.5 Å². The first-order chi connectivity index (χ1) is 18.2. The van der Waals surface area contributed by atoms with Gasteiger partial charge in [-0.3, -0.25) is 19.4 Å². The Kier molecular flexibility index (Phi) is 13.7. The average Bonchev–Trinajstić information content (AvgIpc) is 2.84. The second kappa shape index (κ2) is 16.2. The molecule has 13 heteroatoms. The molecule has 0 radical (unpaired) electrons. The summed E-state index contributed by atoms with van der Waals surface area (Å²) in [6, 6.07) is 1.93. The fourth-order valence-electron chi connectivity index (χ4n) is 3.66. The zero-order valence-electron chi connectivity index (χ0n) is 23.0. The van der Waals surface area contributed by atoms with E-state index in [9.17, 15) is 29.4 Å². The summed E-state index contributed by atoms with van der Waals surface area (Å²) in [5, 5.41) is 27.0. The van der Waals surface area contributed by atoms with Crippen LogP contribution in [0.2, 0.25) is 0 Å². The highest BCUT2D eigenvalue weighted by Gasteiger charge is 2.31. The van der Waals surface area contributed by atoms with Crippen LogP contribution in [0.15, 0.2) is 29.3 Å². The molecule has 0 saturated heterocycles. The van der Waals surface area contributed by atoms with Crippen LogP contribution in [0.3, 0.4) is 0 Å². The second-order valence-corrected chi connectivity index (χ2v) is 10.2. The zero-order valence-corrected chi connectivity index (χ0v) is 23.0. The van der Waals surface area contributed by atoms with E-state index in [2.05, 4.69) is 20.9 Å². The van der Waals surface area contributed by atoms with E-state index in [4.69, 9.17) is 17.2 Å². The molecule has 0 fully saturated rings. The highest BCUT2D eigenvalue weighted by atomic mass is 16.4. The van der Waals surface area contributed by atoms with Crippen molar-refractivity contribution in [3.05, 3.63) is 29.8 Å². The summed E-state index contributed by atoms with van der Waals surface area (Å²) >= 11 is 0. The van der Waals surface area contributed by atoms with E-state index in [1.807, 2.05) is 13.8 Å². The molecule has 39 heavy (non-hydrogen) atoms. The van der Waals surface area contributed by atoms with Gasteiger partial charge in [0, 0.05) is 13.0 Å². The molecule has 0 spiro atoms. The molecule has 1 rings (SSSR count). The number of aliphatic carboxylic acids is 1. The Morgan fingerprint density at radius 2 is 1.41 bits per heavy atom. The van der Waals surface area contributed by atoms with E-state index in [1.54, 1.807) is 26.0 Å². The van der Waals surface area contributed by atoms with Crippen molar-refractivity contribution in [2.24, 2.45) is 34.0 Å². The molecule has 13 nitrogen and oxygen atoms in total. The monoisotopic (exact) mass is 549 g/mol. The molecule has 0 aromatic heterocycles. The number of carbonyl (C=O) groups excluding carboxylic acids is 3. The van der Waals surface area contributed by atoms with Crippen LogP contribution in [0.1, 0.15) is 52.5 Å². The molecular formula is C26H43N7O6. The molecule has 4 atom stereocenters. The van der Waals surface area contributed by atoms with Gasteiger partial charge < -0.3 is 43.4 Å². The number of nitrogens with zero attached hydrogens (tertiary/aromatic N) is 1. The van der Waals surface area contributed by atoms with E-state index in [0.717, 1.165) is 0 Å². The maximum Gasteiger partial charge on any atom is 0.326 e.